The Morgan fingerprint density at radius 3 is 2.81 bits per heavy atom. The van der Waals surface area contributed by atoms with Gasteiger partial charge in [-0.15, -0.1) is 0 Å². The van der Waals surface area contributed by atoms with Crippen LogP contribution in [0.3, 0.4) is 0 Å². The van der Waals surface area contributed by atoms with Crippen LogP contribution in [0.25, 0.3) is 10.9 Å². The molecule has 0 saturated carbocycles. The Bertz CT molecular complexity index is 783. The first kappa shape index (κ1) is 14.2. The Hall–Kier alpha value is -1.78. The summed E-state index contributed by atoms with van der Waals surface area (Å²) in [6, 6.07) is 14.5. The number of fused-ring (bicyclic) bond motifs is 1. The molecule has 1 aromatic heterocycles. The zero-order valence-electron chi connectivity index (χ0n) is 11.3. The second kappa shape index (κ2) is 5.92. The summed E-state index contributed by atoms with van der Waals surface area (Å²) in [6.07, 6.45) is 2.21. The van der Waals surface area contributed by atoms with Gasteiger partial charge in [0.2, 0.25) is 0 Å². The molecule has 2 aromatic carbocycles. The van der Waals surface area contributed by atoms with E-state index in [1.165, 1.54) is 6.07 Å². The van der Waals surface area contributed by atoms with Crippen molar-refractivity contribution in [1.82, 2.24) is 4.98 Å². The molecule has 0 aliphatic rings. The minimum Gasteiger partial charge on any atom is -0.324 e. The topological polar surface area (TPSA) is 38.9 Å². The van der Waals surface area contributed by atoms with Crippen LogP contribution < -0.4 is 5.73 Å². The summed E-state index contributed by atoms with van der Waals surface area (Å²) >= 11 is 3.26. The van der Waals surface area contributed by atoms with Gasteiger partial charge >= 0.3 is 0 Å². The number of pyridine rings is 1. The fraction of sp³-hybridized carbons (Fsp3) is 0.118. The molecule has 0 aliphatic carbocycles. The first-order valence-electron chi connectivity index (χ1n) is 6.68. The van der Waals surface area contributed by atoms with Gasteiger partial charge in [-0.2, -0.15) is 0 Å². The molecule has 0 radical (unpaired) electrons. The number of rotatable bonds is 3. The molecule has 0 bridgehead atoms. The van der Waals surface area contributed by atoms with Gasteiger partial charge in [0.05, 0.1) is 5.52 Å². The van der Waals surface area contributed by atoms with E-state index in [2.05, 4.69) is 20.9 Å². The average Bonchev–Trinajstić information content (AvgIpc) is 2.49. The van der Waals surface area contributed by atoms with Crippen molar-refractivity contribution in [3.63, 3.8) is 0 Å². The van der Waals surface area contributed by atoms with Crippen LogP contribution in [0, 0.1) is 5.82 Å². The van der Waals surface area contributed by atoms with Crippen molar-refractivity contribution >= 4 is 26.8 Å². The lowest BCUT2D eigenvalue weighted by molar-refractivity contribution is 0.593. The maximum Gasteiger partial charge on any atom is 0.127 e. The van der Waals surface area contributed by atoms with Gasteiger partial charge in [0.1, 0.15) is 5.82 Å². The third-order valence-corrected chi connectivity index (χ3v) is 4.03. The molecule has 3 aromatic rings. The van der Waals surface area contributed by atoms with E-state index >= 15 is 0 Å². The number of hydrogen-bond acceptors (Lipinski definition) is 2. The van der Waals surface area contributed by atoms with Crippen molar-refractivity contribution in [2.75, 3.05) is 0 Å². The third-order valence-electron chi connectivity index (χ3n) is 3.53. The number of nitrogens with two attached hydrogens (primary N) is 1. The van der Waals surface area contributed by atoms with Gasteiger partial charge in [-0.1, -0.05) is 40.2 Å². The van der Waals surface area contributed by atoms with Crippen molar-refractivity contribution in [1.29, 1.82) is 0 Å². The molecular formula is C17H14BrFN2. The number of nitrogens with zero attached hydrogens (tertiary/aromatic N) is 1. The average molecular weight is 345 g/mol. The Morgan fingerprint density at radius 2 is 2.00 bits per heavy atom. The van der Waals surface area contributed by atoms with E-state index in [0.29, 0.717) is 12.0 Å². The molecule has 0 amide bonds. The lowest BCUT2D eigenvalue weighted by Gasteiger charge is -2.15. The van der Waals surface area contributed by atoms with Crippen molar-refractivity contribution in [3.8, 4) is 0 Å². The molecule has 1 heterocycles. The van der Waals surface area contributed by atoms with E-state index in [9.17, 15) is 4.39 Å². The summed E-state index contributed by atoms with van der Waals surface area (Å²) in [4.78, 5) is 4.32. The highest BCUT2D eigenvalue weighted by molar-refractivity contribution is 9.10. The smallest absolute Gasteiger partial charge is 0.127 e. The first-order chi connectivity index (χ1) is 10.1. The van der Waals surface area contributed by atoms with Crippen molar-refractivity contribution in [2.24, 2.45) is 5.73 Å². The van der Waals surface area contributed by atoms with Gasteiger partial charge < -0.3 is 5.73 Å². The van der Waals surface area contributed by atoms with E-state index in [-0.39, 0.29) is 11.9 Å². The van der Waals surface area contributed by atoms with E-state index in [1.54, 1.807) is 12.3 Å². The van der Waals surface area contributed by atoms with Gasteiger partial charge in [-0.25, -0.2) is 4.39 Å². The molecule has 0 aliphatic heterocycles. The minimum absolute atomic E-state index is 0.238. The highest BCUT2D eigenvalue weighted by atomic mass is 79.9. The SMILES string of the molecule is NC(Cc1ccc(Br)cc1F)c1cccc2ncccc12. The molecule has 0 spiro atoms. The van der Waals surface area contributed by atoms with Gasteiger partial charge in [0.15, 0.2) is 0 Å². The van der Waals surface area contributed by atoms with E-state index in [1.807, 2.05) is 36.4 Å². The molecule has 1 unspecified atom stereocenters. The lowest BCUT2D eigenvalue weighted by atomic mass is 9.96. The maximum atomic E-state index is 13.9. The van der Waals surface area contributed by atoms with Crippen LogP contribution in [0.1, 0.15) is 17.2 Å². The number of hydrogen-bond donors (Lipinski definition) is 1. The number of halogens is 2. The lowest BCUT2D eigenvalue weighted by Crippen LogP contribution is -2.14. The largest absolute Gasteiger partial charge is 0.324 e. The van der Waals surface area contributed by atoms with Crippen LogP contribution >= 0.6 is 15.9 Å². The molecular weight excluding hydrogens is 331 g/mol. The van der Waals surface area contributed by atoms with Crippen molar-refractivity contribution < 1.29 is 4.39 Å². The summed E-state index contributed by atoms with van der Waals surface area (Å²) in [7, 11) is 0. The van der Waals surface area contributed by atoms with Crippen LogP contribution in [0.5, 0.6) is 0 Å². The highest BCUT2D eigenvalue weighted by Crippen LogP contribution is 2.25. The second-order valence-electron chi connectivity index (χ2n) is 4.96. The Labute approximate surface area is 130 Å². The fourth-order valence-electron chi connectivity index (χ4n) is 2.48. The van der Waals surface area contributed by atoms with Crippen LogP contribution in [0.15, 0.2) is 59.2 Å². The van der Waals surface area contributed by atoms with Gasteiger partial charge in [-0.3, -0.25) is 4.98 Å². The molecule has 0 fully saturated rings. The Morgan fingerprint density at radius 1 is 1.14 bits per heavy atom. The molecule has 0 saturated heterocycles. The number of aromatic nitrogens is 1. The predicted octanol–water partition coefficient (Wildman–Crippen LogP) is 4.38. The summed E-state index contributed by atoms with van der Waals surface area (Å²) in [5.74, 6) is -0.238. The summed E-state index contributed by atoms with van der Waals surface area (Å²) in [6.45, 7) is 0. The van der Waals surface area contributed by atoms with Crippen molar-refractivity contribution in [2.45, 2.75) is 12.5 Å². The highest BCUT2D eigenvalue weighted by Gasteiger charge is 2.13. The first-order valence-corrected chi connectivity index (χ1v) is 7.47. The number of benzene rings is 2. The fourth-order valence-corrected chi connectivity index (χ4v) is 2.82. The summed E-state index contributed by atoms with van der Waals surface area (Å²) in [5.41, 5.74) is 8.80. The van der Waals surface area contributed by atoms with Crippen LogP contribution in [0.4, 0.5) is 4.39 Å². The molecule has 4 heteroatoms. The minimum atomic E-state index is -0.270. The zero-order valence-corrected chi connectivity index (χ0v) is 12.8. The Balaban J connectivity index is 1.95. The van der Waals surface area contributed by atoms with Crippen LogP contribution in [-0.4, -0.2) is 4.98 Å². The van der Waals surface area contributed by atoms with Gasteiger partial charge in [-0.05, 0) is 41.8 Å². The van der Waals surface area contributed by atoms with E-state index in [0.717, 1.165) is 20.9 Å². The maximum absolute atomic E-state index is 13.9. The monoisotopic (exact) mass is 344 g/mol. The van der Waals surface area contributed by atoms with Crippen molar-refractivity contribution in [3.05, 3.63) is 76.1 Å². The van der Waals surface area contributed by atoms with Crippen LogP contribution in [-0.2, 0) is 6.42 Å². The zero-order chi connectivity index (χ0) is 14.8. The molecule has 21 heavy (non-hydrogen) atoms. The Kier molecular flexibility index (Phi) is 3.99. The summed E-state index contributed by atoms with van der Waals surface area (Å²) < 4.78 is 14.7. The molecule has 3 rings (SSSR count). The second-order valence-corrected chi connectivity index (χ2v) is 5.88. The van der Waals surface area contributed by atoms with E-state index < -0.39 is 0 Å². The summed E-state index contributed by atoms with van der Waals surface area (Å²) in [5, 5.41) is 1.02. The predicted molar refractivity (Wildman–Crippen MR) is 86.5 cm³/mol. The molecule has 2 N–H and O–H groups in total. The van der Waals surface area contributed by atoms with Gasteiger partial charge in [0, 0.05) is 22.1 Å². The van der Waals surface area contributed by atoms with E-state index in [4.69, 9.17) is 5.73 Å². The third kappa shape index (κ3) is 2.96. The molecule has 2 nitrogen and oxygen atoms in total. The molecule has 106 valence electrons. The van der Waals surface area contributed by atoms with Crippen LogP contribution in [0.2, 0.25) is 0 Å². The van der Waals surface area contributed by atoms with Gasteiger partial charge in [0.25, 0.3) is 0 Å². The quantitative estimate of drug-likeness (QED) is 0.765. The standard InChI is InChI=1S/C17H14BrFN2/c18-12-7-6-11(15(19)10-12)9-16(20)13-3-1-5-17-14(13)4-2-8-21-17/h1-8,10,16H,9,20H2. The normalized spacial score (nSPS) is 12.5. The molecule has 1 atom stereocenters.